The third-order valence-electron chi connectivity index (χ3n) is 4.12. The van der Waals surface area contributed by atoms with Gasteiger partial charge in [0.15, 0.2) is 10.8 Å². The van der Waals surface area contributed by atoms with E-state index in [1.54, 1.807) is 4.57 Å². The smallest absolute Gasteiger partial charge is 0.292 e. The average Bonchev–Trinajstić information content (AvgIpc) is 3.11. The van der Waals surface area contributed by atoms with Crippen LogP contribution in [-0.4, -0.2) is 40.8 Å². The number of morpholine rings is 1. The number of benzene rings is 1. The Bertz CT molecular complexity index is 1030. The number of rotatable bonds is 3. The summed E-state index contributed by atoms with van der Waals surface area (Å²) in [5.74, 6) is -1.65. The topological polar surface area (TPSA) is 60.2 Å². The van der Waals surface area contributed by atoms with Gasteiger partial charge in [-0.2, -0.15) is 4.98 Å². The molecule has 0 unspecified atom stereocenters. The van der Waals surface area contributed by atoms with Crippen molar-refractivity contribution in [1.29, 1.82) is 0 Å². The molecule has 10 heteroatoms. The summed E-state index contributed by atoms with van der Waals surface area (Å²) in [6.07, 6.45) is 1.31. The number of hydrogen-bond donors (Lipinski definition) is 0. The zero-order valence-electron chi connectivity index (χ0n) is 13.4. The Morgan fingerprint density at radius 3 is 2.81 bits per heavy atom. The van der Waals surface area contributed by atoms with E-state index in [1.807, 2.05) is 4.90 Å². The fourth-order valence-electron chi connectivity index (χ4n) is 2.75. The van der Waals surface area contributed by atoms with E-state index < -0.39 is 16.7 Å². The standard InChI is InChI=1S/C16H13ClF2N4O2S/c17-11-10(18)2-1-9(12(11)19)7-23-8-20-15(24)13-14(23)21-16(26-13)22-3-5-25-6-4-22/h1-2,8H,3-7H2. The third-order valence-corrected chi connectivity index (χ3v) is 5.56. The maximum absolute atomic E-state index is 14.2. The lowest BCUT2D eigenvalue weighted by Crippen LogP contribution is -2.36. The predicted molar refractivity (Wildman–Crippen MR) is 95.2 cm³/mol. The van der Waals surface area contributed by atoms with Crippen LogP contribution >= 0.6 is 22.9 Å². The lowest BCUT2D eigenvalue weighted by molar-refractivity contribution is 0.122. The van der Waals surface area contributed by atoms with Gasteiger partial charge in [0.2, 0.25) is 0 Å². The molecule has 0 spiro atoms. The molecule has 4 rings (SSSR count). The largest absolute Gasteiger partial charge is 0.378 e. The fraction of sp³-hybridized carbons (Fsp3) is 0.312. The van der Waals surface area contributed by atoms with Crippen molar-refractivity contribution in [2.75, 3.05) is 31.2 Å². The number of anilines is 1. The molecule has 0 atom stereocenters. The van der Waals surface area contributed by atoms with Gasteiger partial charge in [-0.3, -0.25) is 4.79 Å². The van der Waals surface area contributed by atoms with Gasteiger partial charge in [-0.25, -0.2) is 13.8 Å². The van der Waals surface area contributed by atoms with Crippen molar-refractivity contribution in [3.63, 3.8) is 0 Å². The van der Waals surface area contributed by atoms with Crippen molar-refractivity contribution in [3.05, 3.63) is 51.0 Å². The van der Waals surface area contributed by atoms with Gasteiger partial charge in [0, 0.05) is 18.7 Å². The van der Waals surface area contributed by atoms with Crippen molar-refractivity contribution in [2.45, 2.75) is 6.54 Å². The Labute approximate surface area is 155 Å². The molecule has 0 aliphatic carbocycles. The number of halogens is 3. The molecule has 26 heavy (non-hydrogen) atoms. The molecule has 0 radical (unpaired) electrons. The van der Waals surface area contributed by atoms with Crippen LogP contribution in [-0.2, 0) is 11.3 Å². The van der Waals surface area contributed by atoms with Crippen molar-refractivity contribution >= 4 is 38.4 Å². The summed E-state index contributed by atoms with van der Waals surface area (Å²) in [7, 11) is 0. The Hall–Kier alpha value is -2.10. The highest BCUT2D eigenvalue weighted by Crippen LogP contribution is 2.28. The van der Waals surface area contributed by atoms with Crippen LogP contribution in [0.4, 0.5) is 13.9 Å². The van der Waals surface area contributed by atoms with Crippen LogP contribution in [0.3, 0.4) is 0 Å². The van der Waals surface area contributed by atoms with Gasteiger partial charge in [0.25, 0.3) is 5.56 Å². The summed E-state index contributed by atoms with van der Waals surface area (Å²) in [4.78, 5) is 22.5. The molecule has 0 saturated carbocycles. The van der Waals surface area contributed by atoms with Crippen molar-refractivity contribution in [2.24, 2.45) is 0 Å². The number of aromatic nitrogens is 3. The molecule has 136 valence electrons. The van der Waals surface area contributed by atoms with Crippen LogP contribution in [0.1, 0.15) is 5.56 Å². The lowest BCUT2D eigenvalue weighted by atomic mass is 10.2. The second-order valence-corrected chi connectivity index (χ2v) is 7.12. The minimum atomic E-state index is -0.831. The zero-order chi connectivity index (χ0) is 18.3. The van der Waals surface area contributed by atoms with Gasteiger partial charge in [0.1, 0.15) is 27.7 Å². The molecule has 1 aliphatic rings. The fourth-order valence-corrected chi connectivity index (χ4v) is 3.95. The van der Waals surface area contributed by atoms with Crippen molar-refractivity contribution in [3.8, 4) is 0 Å². The first-order valence-electron chi connectivity index (χ1n) is 7.85. The van der Waals surface area contributed by atoms with E-state index >= 15 is 0 Å². The number of hydrogen-bond acceptors (Lipinski definition) is 6. The molecule has 1 aliphatic heterocycles. The maximum atomic E-state index is 14.2. The van der Waals surface area contributed by atoms with Crippen LogP contribution < -0.4 is 10.5 Å². The Kier molecular flexibility index (Phi) is 4.60. The highest BCUT2D eigenvalue weighted by molar-refractivity contribution is 7.22. The van der Waals surface area contributed by atoms with Crippen molar-refractivity contribution in [1.82, 2.24) is 14.5 Å². The Balaban J connectivity index is 1.76. The molecule has 0 amide bonds. The summed E-state index contributed by atoms with van der Waals surface area (Å²) >= 11 is 6.89. The molecule has 3 aromatic rings. The number of thiazole rings is 1. The molecule has 2 aromatic heterocycles. The highest BCUT2D eigenvalue weighted by atomic mass is 35.5. The first-order chi connectivity index (χ1) is 12.5. The molecule has 1 aromatic carbocycles. The summed E-state index contributed by atoms with van der Waals surface area (Å²) in [6, 6.07) is 2.42. The molecule has 6 nitrogen and oxygen atoms in total. The summed E-state index contributed by atoms with van der Waals surface area (Å²) in [5, 5.41) is 0.139. The van der Waals surface area contributed by atoms with Crippen LogP contribution in [0.5, 0.6) is 0 Å². The SMILES string of the molecule is O=c1ncn(Cc2ccc(F)c(Cl)c2F)c2nc(N3CCOCC3)sc12. The van der Waals surface area contributed by atoms with Crippen LogP contribution in [0.2, 0.25) is 5.02 Å². The van der Waals surface area contributed by atoms with Crippen LogP contribution in [0.25, 0.3) is 10.3 Å². The molecular weight excluding hydrogens is 386 g/mol. The number of ether oxygens (including phenoxy) is 1. The second-order valence-electron chi connectivity index (χ2n) is 5.76. The van der Waals surface area contributed by atoms with E-state index in [0.717, 1.165) is 6.07 Å². The normalized spacial score (nSPS) is 15.0. The maximum Gasteiger partial charge on any atom is 0.292 e. The second kappa shape index (κ2) is 6.90. The lowest BCUT2D eigenvalue weighted by Gasteiger charge is -2.25. The first kappa shape index (κ1) is 17.3. The van der Waals surface area contributed by atoms with Gasteiger partial charge in [-0.05, 0) is 6.07 Å². The zero-order valence-corrected chi connectivity index (χ0v) is 15.0. The summed E-state index contributed by atoms with van der Waals surface area (Å²) < 4.78 is 34.8. The van der Waals surface area contributed by atoms with Gasteiger partial charge in [-0.15, -0.1) is 0 Å². The predicted octanol–water partition coefficient (Wildman–Crippen LogP) is 2.67. The van der Waals surface area contributed by atoms with Gasteiger partial charge in [0.05, 0.1) is 19.8 Å². The summed E-state index contributed by atoms with van der Waals surface area (Å²) in [6.45, 7) is 2.59. The van der Waals surface area contributed by atoms with E-state index in [9.17, 15) is 13.6 Å². The Morgan fingerprint density at radius 1 is 1.27 bits per heavy atom. The minimum Gasteiger partial charge on any atom is -0.378 e. The number of nitrogens with zero attached hydrogens (tertiary/aromatic N) is 4. The van der Waals surface area contributed by atoms with Crippen LogP contribution in [0, 0.1) is 11.6 Å². The molecular formula is C16H13ClF2N4O2S. The highest BCUT2D eigenvalue weighted by Gasteiger charge is 2.19. The van der Waals surface area contributed by atoms with E-state index in [1.165, 1.54) is 23.7 Å². The molecule has 1 saturated heterocycles. The van der Waals surface area contributed by atoms with E-state index in [4.69, 9.17) is 16.3 Å². The molecule has 0 N–H and O–H groups in total. The van der Waals surface area contributed by atoms with Gasteiger partial charge in [-0.1, -0.05) is 29.0 Å². The first-order valence-corrected chi connectivity index (χ1v) is 9.05. The average molecular weight is 399 g/mol. The third kappa shape index (κ3) is 3.06. The Morgan fingerprint density at radius 2 is 2.04 bits per heavy atom. The number of fused-ring (bicyclic) bond motifs is 1. The van der Waals surface area contributed by atoms with Gasteiger partial charge < -0.3 is 14.2 Å². The monoisotopic (exact) mass is 398 g/mol. The molecule has 3 heterocycles. The minimum absolute atomic E-state index is 0.0297. The molecule has 0 bridgehead atoms. The van der Waals surface area contributed by atoms with Gasteiger partial charge >= 0.3 is 0 Å². The van der Waals surface area contributed by atoms with E-state index in [2.05, 4.69) is 9.97 Å². The summed E-state index contributed by atoms with van der Waals surface area (Å²) in [5.41, 5.74) is 0.214. The van der Waals surface area contributed by atoms with Crippen LogP contribution in [0.15, 0.2) is 23.3 Å². The molecule has 1 fully saturated rings. The van der Waals surface area contributed by atoms with Crippen molar-refractivity contribution < 1.29 is 13.5 Å². The quantitative estimate of drug-likeness (QED) is 0.635. The van der Waals surface area contributed by atoms with E-state index in [-0.39, 0.29) is 17.7 Å². The van der Waals surface area contributed by atoms with E-state index in [0.29, 0.717) is 41.8 Å².